The van der Waals surface area contributed by atoms with E-state index in [1.807, 2.05) is 28.4 Å². The Hall–Kier alpha value is -2.81. The molecule has 1 aliphatic carbocycles. The van der Waals surface area contributed by atoms with Gasteiger partial charge in [0.25, 0.3) is 0 Å². The summed E-state index contributed by atoms with van der Waals surface area (Å²) in [5, 5.41) is 12.7. The molecule has 6 rings (SSSR count). The van der Waals surface area contributed by atoms with Gasteiger partial charge in [-0.1, -0.05) is 12.1 Å². The van der Waals surface area contributed by atoms with Gasteiger partial charge in [-0.05, 0) is 48.9 Å². The summed E-state index contributed by atoms with van der Waals surface area (Å²) in [7, 11) is 0. The molecule has 0 radical (unpaired) electrons. The molecule has 0 saturated carbocycles. The van der Waals surface area contributed by atoms with Gasteiger partial charge in [-0.2, -0.15) is 5.10 Å². The lowest BCUT2D eigenvalue weighted by Gasteiger charge is -2.27. The van der Waals surface area contributed by atoms with Gasteiger partial charge in [-0.3, -0.25) is 4.90 Å². The lowest BCUT2D eigenvalue weighted by atomic mass is 9.97. The highest BCUT2D eigenvalue weighted by Crippen LogP contribution is 2.38. The molecule has 1 fully saturated rings. The van der Waals surface area contributed by atoms with Gasteiger partial charge >= 0.3 is 0 Å². The molecule has 0 unspecified atom stereocenters. The number of aromatic nitrogens is 4. The Kier molecular flexibility index (Phi) is 5.34. The Morgan fingerprint density at radius 1 is 1.03 bits per heavy atom. The number of aryl methyl sites for hydroxylation is 2. The number of nitrogens with one attached hydrogen (secondary N) is 2. The maximum Gasteiger partial charge on any atom is 0.142 e. The van der Waals surface area contributed by atoms with Gasteiger partial charge in [0.1, 0.15) is 17.0 Å². The number of hydrogen-bond donors (Lipinski definition) is 2. The zero-order chi connectivity index (χ0) is 21.3. The van der Waals surface area contributed by atoms with Gasteiger partial charge in [-0.15, -0.1) is 11.3 Å². The van der Waals surface area contributed by atoms with Crippen molar-refractivity contribution in [3.8, 4) is 5.69 Å². The number of nitrogens with zero attached hydrogens (tertiary/aromatic N) is 5. The molecule has 3 aromatic heterocycles. The minimum Gasteiger partial charge on any atom is -0.337 e. The molecule has 8 heteroatoms. The van der Waals surface area contributed by atoms with E-state index < -0.39 is 0 Å². The molecule has 4 aromatic rings. The summed E-state index contributed by atoms with van der Waals surface area (Å²) in [5.41, 5.74) is 4.77. The molecule has 2 N–H and O–H groups in total. The molecular weight excluding hydrogens is 418 g/mol. The number of rotatable bonds is 5. The van der Waals surface area contributed by atoms with Crippen LogP contribution in [0.4, 0.5) is 11.5 Å². The van der Waals surface area contributed by atoms with Crippen molar-refractivity contribution < 1.29 is 0 Å². The smallest absolute Gasteiger partial charge is 0.142 e. The third-order valence-electron chi connectivity index (χ3n) is 6.41. The van der Waals surface area contributed by atoms with E-state index in [9.17, 15) is 0 Å². The number of piperazine rings is 1. The minimum atomic E-state index is 0.889. The van der Waals surface area contributed by atoms with Crippen LogP contribution in [0.25, 0.3) is 15.9 Å². The number of benzene rings is 1. The third kappa shape index (κ3) is 3.90. The van der Waals surface area contributed by atoms with E-state index in [0.29, 0.717) is 0 Å². The molecule has 1 aliphatic heterocycles. The second kappa shape index (κ2) is 8.61. The van der Waals surface area contributed by atoms with Crippen molar-refractivity contribution in [2.24, 2.45) is 0 Å². The number of anilines is 2. The fourth-order valence-electron chi connectivity index (χ4n) is 4.73. The van der Waals surface area contributed by atoms with Crippen molar-refractivity contribution in [3.05, 3.63) is 59.0 Å². The summed E-state index contributed by atoms with van der Waals surface area (Å²) in [4.78, 5) is 14.2. The van der Waals surface area contributed by atoms with Gasteiger partial charge in [0.05, 0.1) is 29.2 Å². The minimum absolute atomic E-state index is 0.889. The molecule has 0 spiro atoms. The quantitative estimate of drug-likeness (QED) is 0.485. The molecule has 0 atom stereocenters. The number of thiophene rings is 1. The van der Waals surface area contributed by atoms with Crippen molar-refractivity contribution in [2.45, 2.75) is 32.2 Å². The Balaban J connectivity index is 1.20. The molecule has 7 nitrogen and oxygen atoms in total. The van der Waals surface area contributed by atoms with Gasteiger partial charge in [0.2, 0.25) is 0 Å². The summed E-state index contributed by atoms with van der Waals surface area (Å²) in [5.74, 6) is 0.889. The highest BCUT2D eigenvalue weighted by atomic mass is 32.1. The maximum atomic E-state index is 4.58. The van der Waals surface area contributed by atoms with E-state index >= 15 is 0 Å². The van der Waals surface area contributed by atoms with Crippen molar-refractivity contribution in [3.63, 3.8) is 0 Å². The first kappa shape index (κ1) is 19.8. The van der Waals surface area contributed by atoms with Gasteiger partial charge in [0.15, 0.2) is 0 Å². The fourth-order valence-corrected chi connectivity index (χ4v) is 5.96. The molecule has 164 valence electrons. The predicted molar refractivity (Wildman–Crippen MR) is 129 cm³/mol. The second-order valence-electron chi connectivity index (χ2n) is 8.60. The Morgan fingerprint density at radius 2 is 1.88 bits per heavy atom. The molecule has 0 amide bonds. The average Bonchev–Trinajstić information content (AvgIpc) is 3.45. The second-order valence-corrected chi connectivity index (χ2v) is 9.69. The maximum absolute atomic E-state index is 4.58. The molecule has 2 aliphatic rings. The van der Waals surface area contributed by atoms with Crippen molar-refractivity contribution >= 4 is 33.1 Å². The predicted octanol–water partition coefficient (Wildman–Crippen LogP) is 3.90. The first-order valence-electron chi connectivity index (χ1n) is 11.4. The van der Waals surface area contributed by atoms with Crippen molar-refractivity contribution in [1.82, 2.24) is 30.0 Å². The number of hydrogen-bond acceptors (Lipinski definition) is 7. The van der Waals surface area contributed by atoms with Crippen LogP contribution in [0.1, 0.15) is 28.8 Å². The highest BCUT2D eigenvalue weighted by Gasteiger charge is 2.20. The van der Waals surface area contributed by atoms with Gasteiger partial charge in [0, 0.05) is 37.6 Å². The Bertz CT molecular complexity index is 1220. The first-order chi connectivity index (χ1) is 15.8. The van der Waals surface area contributed by atoms with Gasteiger partial charge < -0.3 is 10.6 Å². The van der Waals surface area contributed by atoms with Crippen LogP contribution >= 0.6 is 11.3 Å². The van der Waals surface area contributed by atoms with Crippen LogP contribution in [0.15, 0.2) is 43.0 Å². The summed E-state index contributed by atoms with van der Waals surface area (Å²) in [6.07, 6.45) is 10.4. The number of fused-ring (bicyclic) bond motifs is 3. The zero-order valence-corrected chi connectivity index (χ0v) is 18.9. The molecule has 0 bridgehead atoms. The van der Waals surface area contributed by atoms with Gasteiger partial charge in [-0.25, -0.2) is 14.6 Å². The summed E-state index contributed by atoms with van der Waals surface area (Å²) in [6.45, 7) is 5.38. The van der Waals surface area contributed by atoms with Crippen LogP contribution in [0.3, 0.4) is 0 Å². The first-order valence-corrected chi connectivity index (χ1v) is 12.2. The third-order valence-corrected chi connectivity index (χ3v) is 7.61. The zero-order valence-electron chi connectivity index (χ0n) is 18.0. The van der Waals surface area contributed by atoms with E-state index in [2.05, 4.69) is 54.9 Å². The van der Waals surface area contributed by atoms with Crippen LogP contribution in [0.5, 0.6) is 0 Å². The molecule has 1 aromatic carbocycles. The molecule has 4 heterocycles. The van der Waals surface area contributed by atoms with Crippen LogP contribution in [-0.2, 0) is 19.4 Å². The van der Waals surface area contributed by atoms with E-state index in [1.165, 1.54) is 40.7 Å². The van der Waals surface area contributed by atoms with Crippen molar-refractivity contribution in [1.29, 1.82) is 0 Å². The van der Waals surface area contributed by atoms with E-state index in [1.54, 1.807) is 6.33 Å². The van der Waals surface area contributed by atoms with Crippen LogP contribution < -0.4 is 10.6 Å². The lowest BCUT2D eigenvalue weighted by molar-refractivity contribution is 0.233. The van der Waals surface area contributed by atoms with Crippen LogP contribution in [0.2, 0.25) is 0 Å². The SMILES string of the molecule is c1nc(Nc2cnn(-c3ccc(CN4CCNCC4)cc3)c2)c2c3c(sc2n1)CCCC3. The summed E-state index contributed by atoms with van der Waals surface area (Å²) in [6, 6.07) is 8.70. The van der Waals surface area contributed by atoms with Crippen LogP contribution in [-0.4, -0.2) is 50.8 Å². The summed E-state index contributed by atoms with van der Waals surface area (Å²) >= 11 is 1.82. The van der Waals surface area contributed by atoms with E-state index in [0.717, 1.165) is 61.2 Å². The monoisotopic (exact) mass is 445 g/mol. The Morgan fingerprint density at radius 3 is 2.75 bits per heavy atom. The fraction of sp³-hybridized carbons (Fsp3) is 0.375. The standard InChI is InChI=1S/C24H27N7S/c1-2-4-21-20(3-1)22-23(26-16-27-24(22)32-21)29-18-13-28-31(15-18)19-7-5-17(6-8-19)14-30-11-9-25-10-12-30/h5-8,13,15-16,25H,1-4,9-12,14H2,(H,26,27,29). The Labute approximate surface area is 191 Å². The van der Waals surface area contributed by atoms with E-state index in [-0.39, 0.29) is 0 Å². The lowest BCUT2D eigenvalue weighted by Crippen LogP contribution is -2.42. The molecular formula is C24H27N7S. The molecule has 32 heavy (non-hydrogen) atoms. The van der Waals surface area contributed by atoms with Crippen LogP contribution in [0, 0.1) is 0 Å². The normalized spacial score (nSPS) is 16.9. The average molecular weight is 446 g/mol. The largest absolute Gasteiger partial charge is 0.337 e. The topological polar surface area (TPSA) is 70.9 Å². The van der Waals surface area contributed by atoms with E-state index in [4.69, 9.17) is 0 Å². The molecule has 1 saturated heterocycles. The summed E-state index contributed by atoms with van der Waals surface area (Å²) < 4.78 is 1.92. The van der Waals surface area contributed by atoms with Crippen molar-refractivity contribution in [2.75, 3.05) is 31.5 Å². The highest BCUT2D eigenvalue weighted by molar-refractivity contribution is 7.19.